The van der Waals surface area contributed by atoms with Gasteiger partial charge in [-0.3, -0.25) is 0 Å². The van der Waals surface area contributed by atoms with Crippen molar-refractivity contribution in [2.75, 3.05) is 11.9 Å². The minimum atomic E-state index is 0.386. The summed E-state index contributed by atoms with van der Waals surface area (Å²) in [5, 5.41) is 8.13. The second-order valence-corrected chi connectivity index (χ2v) is 5.65. The first-order valence-electron chi connectivity index (χ1n) is 5.03. The lowest BCUT2D eigenvalue weighted by Gasteiger charge is -2.16. The number of rotatable bonds is 4. The summed E-state index contributed by atoms with van der Waals surface area (Å²) < 4.78 is 0.803. The molecule has 0 aliphatic heterocycles. The fraction of sp³-hybridized carbons (Fsp3) is 0.273. The van der Waals surface area contributed by atoms with E-state index in [-0.39, 0.29) is 0 Å². The monoisotopic (exact) mass is 287 g/mol. The SMILES string of the molecule is CN(Cc1ccc(Cl)s1)c1ccc(CCl)nn1. The fourth-order valence-corrected chi connectivity index (χ4v) is 2.66. The smallest absolute Gasteiger partial charge is 0.151 e. The predicted molar refractivity (Wildman–Crippen MR) is 73.0 cm³/mol. The molecule has 0 radical (unpaired) electrons. The van der Waals surface area contributed by atoms with E-state index in [1.807, 2.05) is 36.2 Å². The molecule has 0 aliphatic rings. The zero-order valence-electron chi connectivity index (χ0n) is 9.23. The Bertz CT molecular complexity index is 484. The fourth-order valence-electron chi connectivity index (χ4n) is 1.38. The quantitative estimate of drug-likeness (QED) is 0.805. The first-order chi connectivity index (χ1) is 8.19. The van der Waals surface area contributed by atoms with E-state index in [0.717, 1.165) is 22.4 Å². The van der Waals surface area contributed by atoms with Gasteiger partial charge in [-0.1, -0.05) is 11.6 Å². The van der Waals surface area contributed by atoms with Crippen molar-refractivity contribution in [2.24, 2.45) is 0 Å². The van der Waals surface area contributed by atoms with Gasteiger partial charge in [-0.25, -0.2) is 0 Å². The average molecular weight is 288 g/mol. The maximum Gasteiger partial charge on any atom is 0.151 e. The first-order valence-corrected chi connectivity index (χ1v) is 6.76. The van der Waals surface area contributed by atoms with E-state index in [2.05, 4.69) is 10.2 Å². The number of hydrogen-bond acceptors (Lipinski definition) is 4. The van der Waals surface area contributed by atoms with Crippen LogP contribution in [0.4, 0.5) is 5.82 Å². The van der Waals surface area contributed by atoms with Crippen molar-refractivity contribution in [2.45, 2.75) is 12.4 Å². The topological polar surface area (TPSA) is 29.0 Å². The number of hydrogen-bond donors (Lipinski definition) is 0. The first kappa shape index (κ1) is 12.6. The van der Waals surface area contributed by atoms with Crippen LogP contribution in [-0.2, 0) is 12.4 Å². The van der Waals surface area contributed by atoms with Crippen LogP contribution in [0.5, 0.6) is 0 Å². The van der Waals surface area contributed by atoms with Gasteiger partial charge in [-0.15, -0.1) is 28.0 Å². The zero-order valence-corrected chi connectivity index (χ0v) is 11.6. The summed E-state index contributed by atoms with van der Waals surface area (Å²) in [5.41, 5.74) is 0.781. The van der Waals surface area contributed by atoms with E-state index in [1.54, 1.807) is 11.3 Å². The Morgan fingerprint density at radius 2 is 2.06 bits per heavy atom. The molecular weight excluding hydrogens is 277 g/mol. The largest absolute Gasteiger partial charge is 0.353 e. The predicted octanol–water partition coefficient (Wildman–Crippen LogP) is 3.57. The van der Waals surface area contributed by atoms with Gasteiger partial charge >= 0.3 is 0 Å². The normalized spacial score (nSPS) is 10.5. The van der Waals surface area contributed by atoms with Crippen LogP contribution < -0.4 is 4.90 Å². The highest BCUT2D eigenvalue weighted by Gasteiger charge is 2.06. The van der Waals surface area contributed by atoms with Gasteiger partial charge in [0, 0.05) is 11.9 Å². The van der Waals surface area contributed by atoms with Crippen LogP contribution in [0.1, 0.15) is 10.6 Å². The number of nitrogens with zero attached hydrogens (tertiary/aromatic N) is 3. The zero-order chi connectivity index (χ0) is 12.3. The maximum absolute atomic E-state index is 5.89. The summed E-state index contributed by atoms with van der Waals surface area (Å²) in [6.07, 6.45) is 0. The van der Waals surface area contributed by atoms with Crippen molar-refractivity contribution in [3.63, 3.8) is 0 Å². The number of anilines is 1. The molecule has 0 bridgehead atoms. The molecule has 2 aromatic rings. The van der Waals surface area contributed by atoms with Crippen molar-refractivity contribution in [1.82, 2.24) is 10.2 Å². The van der Waals surface area contributed by atoms with E-state index in [0.29, 0.717) is 5.88 Å². The highest BCUT2D eigenvalue weighted by molar-refractivity contribution is 7.16. The van der Waals surface area contributed by atoms with Gasteiger partial charge in [0.1, 0.15) is 0 Å². The summed E-state index contributed by atoms with van der Waals surface area (Å²) in [5.74, 6) is 1.21. The minimum Gasteiger partial charge on any atom is -0.353 e. The van der Waals surface area contributed by atoms with E-state index in [4.69, 9.17) is 23.2 Å². The van der Waals surface area contributed by atoms with Gasteiger partial charge in [-0.05, 0) is 24.3 Å². The molecule has 0 aromatic carbocycles. The third-order valence-corrected chi connectivity index (χ3v) is 3.75. The number of aromatic nitrogens is 2. The van der Waals surface area contributed by atoms with Gasteiger partial charge in [-0.2, -0.15) is 5.10 Å². The Balaban J connectivity index is 2.06. The highest BCUT2D eigenvalue weighted by atomic mass is 35.5. The van der Waals surface area contributed by atoms with Crippen LogP contribution in [-0.4, -0.2) is 17.2 Å². The van der Waals surface area contributed by atoms with Crippen LogP contribution in [0.25, 0.3) is 0 Å². The van der Waals surface area contributed by atoms with Gasteiger partial charge in [0.05, 0.1) is 22.5 Å². The van der Waals surface area contributed by atoms with Crippen LogP contribution in [0.3, 0.4) is 0 Å². The minimum absolute atomic E-state index is 0.386. The molecule has 0 saturated carbocycles. The molecule has 0 aliphatic carbocycles. The van der Waals surface area contributed by atoms with Crippen molar-refractivity contribution < 1.29 is 0 Å². The van der Waals surface area contributed by atoms with Crippen molar-refractivity contribution >= 4 is 40.4 Å². The van der Waals surface area contributed by atoms with Gasteiger partial charge in [0.15, 0.2) is 5.82 Å². The van der Waals surface area contributed by atoms with Gasteiger partial charge in [0.25, 0.3) is 0 Å². The van der Waals surface area contributed by atoms with Crippen LogP contribution >= 0.6 is 34.5 Å². The Labute approximate surface area is 114 Å². The lowest BCUT2D eigenvalue weighted by atomic mass is 10.4. The molecule has 2 aromatic heterocycles. The highest BCUT2D eigenvalue weighted by Crippen LogP contribution is 2.23. The molecule has 17 heavy (non-hydrogen) atoms. The molecule has 3 nitrogen and oxygen atoms in total. The number of alkyl halides is 1. The lowest BCUT2D eigenvalue weighted by molar-refractivity contribution is 0.862. The molecule has 0 saturated heterocycles. The molecule has 2 rings (SSSR count). The summed E-state index contributed by atoms with van der Waals surface area (Å²) in [6, 6.07) is 7.72. The Hall–Kier alpha value is -0.840. The molecular formula is C11H11Cl2N3S. The molecule has 6 heteroatoms. The average Bonchev–Trinajstić information content (AvgIpc) is 2.75. The molecule has 2 heterocycles. The summed E-state index contributed by atoms with van der Waals surface area (Å²) in [7, 11) is 1.97. The second-order valence-electron chi connectivity index (χ2n) is 3.58. The Kier molecular flexibility index (Phi) is 4.20. The second kappa shape index (κ2) is 5.67. The molecule has 0 atom stereocenters. The van der Waals surface area contributed by atoms with E-state index < -0.39 is 0 Å². The molecule has 0 spiro atoms. The van der Waals surface area contributed by atoms with Gasteiger partial charge < -0.3 is 4.90 Å². The Morgan fingerprint density at radius 3 is 2.59 bits per heavy atom. The number of thiophene rings is 1. The third-order valence-electron chi connectivity index (χ3n) is 2.26. The van der Waals surface area contributed by atoms with E-state index in [9.17, 15) is 0 Å². The molecule has 0 amide bonds. The van der Waals surface area contributed by atoms with E-state index in [1.165, 1.54) is 4.88 Å². The van der Waals surface area contributed by atoms with Gasteiger partial charge in [0.2, 0.25) is 0 Å². The Morgan fingerprint density at radius 1 is 1.24 bits per heavy atom. The van der Waals surface area contributed by atoms with Crippen LogP contribution in [0, 0.1) is 0 Å². The molecule has 90 valence electrons. The molecule has 0 fully saturated rings. The summed E-state index contributed by atoms with van der Waals surface area (Å²) >= 11 is 13.1. The third kappa shape index (κ3) is 3.31. The lowest BCUT2D eigenvalue weighted by Crippen LogP contribution is -2.17. The van der Waals surface area contributed by atoms with Crippen LogP contribution in [0.15, 0.2) is 24.3 Å². The molecule has 0 N–H and O–H groups in total. The van der Waals surface area contributed by atoms with Crippen molar-refractivity contribution in [3.05, 3.63) is 39.2 Å². The van der Waals surface area contributed by atoms with Crippen molar-refractivity contribution in [1.29, 1.82) is 0 Å². The maximum atomic E-state index is 5.89. The van der Waals surface area contributed by atoms with E-state index >= 15 is 0 Å². The summed E-state index contributed by atoms with van der Waals surface area (Å²) in [4.78, 5) is 3.22. The summed E-state index contributed by atoms with van der Waals surface area (Å²) in [6.45, 7) is 0.770. The van der Waals surface area contributed by atoms with Crippen LogP contribution in [0.2, 0.25) is 4.34 Å². The molecule has 0 unspecified atom stereocenters. The number of halogens is 2. The standard InChI is InChI=1S/C11H11Cl2N3S/c1-16(7-9-3-4-10(13)17-9)11-5-2-8(6-12)14-15-11/h2-5H,6-7H2,1H3. The van der Waals surface area contributed by atoms with Crippen molar-refractivity contribution in [3.8, 4) is 0 Å².